The third-order valence-electron chi connectivity index (χ3n) is 2.83. The number of nitrogens with one attached hydrogen (secondary N) is 2. The third-order valence-corrected chi connectivity index (χ3v) is 2.83. The van der Waals surface area contributed by atoms with Crippen molar-refractivity contribution in [3.8, 4) is 0 Å². The van der Waals surface area contributed by atoms with E-state index in [2.05, 4.69) is 15.3 Å². The molecule has 0 unspecified atom stereocenters. The lowest BCUT2D eigenvalue weighted by atomic mass is 10.1. The molecule has 5 nitrogen and oxygen atoms in total. The van der Waals surface area contributed by atoms with E-state index in [0.717, 1.165) is 57.4 Å². The topological polar surface area (TPSA) is 83.8 Å². The SMILES string of the molecule is NCCCCCCC(=O)NCCCc1ncc[nH]1. The number of aryl methyl sites for hydroxylation is 1. The minimum Gasteiger partial charge on any atom is -0.356 e. The van der Waals surface area contributed by atoms with Crippen molar-refractivity contribution in [3.63, 3.8) is 0 Å². The molecule has 0 aliphatic rings. The molecule has 1 amide bonds. The summed E-state index contributed by atoms with van der Waals surface area (Å²) in [6.07, 6.45) is 10.2. The molecule has 18 heavy (non-hydrogen) atoms. The van der Waals surface area contributed by atoms with Gasteiger partial charge in [-0.2, -0.15) is 0 Å². The summed E-state index contributed by atoms with van der Waals surface area (Å²) in [7, 11) is 0. The normalized spacial score (nSPS) is 10.5. The summed E-state index contributed by atoms with van der Waals surface area (Å²) >= 11 is 0. The number of aromatic amines is 1. The maximum absolute atomic E-state index is 11.5. The zero-order valence-corrected chi connectivity index (χ0v) is 11.0. The van der Waals surface area contributed by atoms with Crippen molar-refractivity contribution >= 4 is 5.91 Å². The maximum atomic E-state index is 11.5. The quantitative estimate of drug-likeness (QED) is 0.550. The van der Waals surface area contributed by atoms with Gasteiger partial charge in [0.1, 0.15) is 5.82 Å². The third kappa shape index (κ3) is 7.06. The Balaban J connectivity index is 1.90. The number of carbonyl (C=O) groups is 1. The van der Waals surface area contributed by atoms with Crippen LogP contribution in [0.5, 0.6) is 0 Å². The van der Waals surface area contributed by atoms with Crippen LogP contribution in [0, 0.1) is 0 Å². The van der Waals surface area contributed by atoms with Crippen LogP contribution in [0.15, 0.2) is 12.4 Å². The first-order valence-corrected chi connectivity index (χ1v) is 6.78. The number of rotatable bonds is 10. The standard InChI is InChI=1S/C13H24N4O/c14-8-4-2-1-3-7-13(18)17-9-5-6-12-15-10-11-16-12/h10-11H,1-9,14H2,(H,15,16)(H,17,18). The highest BCUT2D eigenvalue weighted by Gasteiger charge is 2.01. The van der Waals surface area contributed by atoms with E-state index in [0.29, 0.717) is 6.42 Å². The molecule has 4 N–H and O–H groups in total. The fourth-order valence-corrected chi connectivity index (χ4v) is 1.79. The Bertz CT molecular complexity index is 311. The van der Waals surface area contributed by atoms with Crippen LogP contribution in [0.25, 0.3) is 0 Å². The molecule has 1 heterocycles. The molecule has 0 aromatic carbocycles. The van der Waals surface area contributed by atoms with Gasteiger partial charge in [-0.15, -0.1) is 0 Å². The number of carbonyl (C=O) groups excluding carboxylic acids is 1. The summed E-state index contributed by atoms with van der Waals surface area (Å²) in [6, 6.07) is 0. The number of unbranched alkanes of at least 4 members (excludes halogenated alkanes) is 3. The van der Waals surface area contributed by atoms with E-state index < -0.39 is 0 Å². The first-order chi connectivity index (χ1) is 8.83. The van der Waals surface area contributed by atoms with Crippen molar-refractivity contribution in [3.05, 3.63) is 18.2 Å². The molecule has 102 valence electrons. The summed E-state index contributed by atoms with van der Waals surface area (Å²) in [4.78, 5) is 18.7. The van der Waals surface area contributed by atoms with Crippen LogP contribution in [0.3, 0.4) is 0 Å². The minimum atomic E-state index is 0.155. The van der Waals surface area contributed by atoms with E-state index >= 15 is 0 Å². The number of hydrogen-bond acceptors (Lipinski definition) is 3. The molecule has 0 saturated heterocycles. The fraction of sp³-hybridized carbons (Fsp3) is 0.692. The number of imidazole rings is 1. The highest BCUT2D eigenvalue weighted by atomic mass is 16.1. The first kappa shape index (κ1) is 14.7. The van der Waals surface area contributed by atoms with Crippen LogP contribution in [0.1, 0.15) is 44.3 Å². The van der Waals surface area contributed by atoms with Gasteiger partial charge in [0.25, 0.3) is 0 Å². The number of hydrogen-bond donors (Lipinski definition) is 3. The van der Waals surface area contributed by atoms with E-state index in [1.165, 1.54) is 0 Å². The van der Waals surface area contributed by atoms with E-state index in [-0.39, 0.29) is 5.91 Å². The van der Waals surface area contributed by atoms with E-state index in [9.17, 15) is 4.79 Å². The van der Waals surface area contributed by atoms with Crippen LogP contribution in [-0.2, 0) is 11.2 Å². The lowest BCUT2D eigenvalue weighted by Gasteiger charge is -2.04. The molecule has 0 aliphatic carbocycles. The Morgan fingerprint density at radius 3 is 2.83 bits per heavy atom. The minimum absolute atomic E-state index is 0.155. The van der Waals surface area contributed by atoms with Gasteiger partial charge in [0.2, 0.25) is 5.91 Å². The molecule has 5 heteroatoms. The van der Waals surface area contributed by atoms with Crippen molar-refractivity contribution in [2.75, 3.05) is 13.1 Å². The maximum Gasteiger partial charge on any atom is 0.219 e. The molecule has 0 radical (unpaired) electrons. The molecular formula is C13H24N4O. The van der Waals surface area contributed by atoms with Gasteiger partial charge in [-0.05, 0) is 25.8 Å². The van der Waals surface area contributed by atoms with Crippen molar-refractivity contribution < 1.29 is 4.79 Å². The largest absolute Gasteiger partial charge is 0.356 e. The van der Waals surface area contributed by atoms with Gasteiger partial charge in [-0.25, -0.2) is 4.98 Å². The zero-order chi connectivity index (χ0) is 13.1. The number of H-pyrrole nitrogens is 1. The Morgan fingerprint density at radius 1 is 1.28 bits per heavy atom. The second-order valence-corrected chi connectivity index (χ2v) is 4.44. The summed E-state index contributed by atoms with van der Waals surface area (Å²) in [5.74, 6) is 1.13. The molecule has 1 rings (SSSR count). The summed E-state index contributed by atoms with van der Waals surface area (Å²) in [5, 5.41) is 2.93. The van der Waals surface area contributed by atoms with Gasteiger partial charge in [0, 0.05) is 31.8 Å². The molecule has 1 aromatic heterocycles. The number of nitrogens with zero attached hydrogens (tertiary/aromatic N) is 1. The summed E-state index contributed by atoms with van der Waals surface area (Å²) in [6.45, 7) is 1.47. The lowest BCUT2D eigenvalue weighted by molar-refractivity contribution is -0.121. The van der Waals surface area contributed by atoms with Gasteiger partial charge in [0.15, 0.2) is 0 Å². The summed E-state index contributed by atoms with van der Waals surface area (Å²) < 4.78 is 0. The highest BCUT2D eigenvalue weighted by molar-refractivity contribution is 5.75. The molecule has 0 saturated carbocycles. The Morgan fingerprint density at radius 2 is 2.11 bits per heavy atom. The Labute approximate surface area is 109 Å². The predicted octanol–water partition coefficient (Wildman–Crippen LogP) is 1.37. The van der Waals surface area contributed by atoms with E-state index in [1.807, 2.05) is 6.20 Å². The van der Waals surface area contributed by atoms with Crippen molar-refractivity contribution in [1.29, 1.82) is 0 Å². The molecule has 0 atom stereocenters. The van der Waals surface area contributed by atoms with Crippen LogP contribution in [0.4, 0.5) is 0 Å². The smallest absolute Gasteiger partial charge is 0.219 e. The average Bonchev–Trinajstić information content (AvgIpc) is 2.87. The number of nitrogens with two attached hydrogens (primary N) is 1. The molecule has 0 bridgehead atoms. The van der Waals surface area contributed by atoms with Crippen molar-refractivity contribution in [2.45, 2.75) is 44.9 Å². The highest BCUT2D eigenvalue weighted by Crippen LogP contribution is 2.02. The van der Waals surface area contributed by atoms with Gasteiger partial charge in [-0.1, -0.05) is 12.8 Å². The van der Waals surface area contributed by atoms with E-state index in [4.69, 9.17) is 5.73 Å². The van der Waals surface area contributed by atoms with Crippen molar-refractivity contribution in [1.82, 2.24) is 15.3 Å². The predicted molar refractivity (Wildman–Crippen MR) is 72.1 cm³/mol. The van der Waals surface area contributed by atoms with Crippen LogP contribution >= 0.6 is 0 Å². The van der Waals surface area contributed by atoms with Crippen LogP contribution < -0.4 is 11.1 Å². The molecule has 0 aliphatic heterocycles. The molecule has 0 spiro atoms. The second-order valence-electron chi connectivity index (χ2n) is 4.44. The van der Waals surface area contributed by atoms with Gasteiger partial charge >= 0.3 is 0 Å². The first-order valence-electron chi connectivity index (χ1n) is 6.78. The van der Waals surface area contributed by atoms with Crippen LogP contribution in [0.2, 0.25) is 0 Å². The van der Waals surface area contributed by atoms with Gasteiger partial charge in [-0.3, -0.25) is 4.79 Å². The second kappa shape index (κ2) is 9.65. The molecule has 0 fully saturated rings. The number of amides is 1. The van der Waals surface area contributed by atoms with Gasteiger partial charge < -0.3 is 16.0 Å². The fourth-order valence-electron chi connectivity index (χ4n) is 1.79. The molecule has 1 aromatic rings. The Hall–Kier alpha value is -1.36. The monoisotopic (exact) mass is 252 g/mol. The van der Waals surface area contributed by atoms with Crippen molar-refractivity contribution in [2.24, 2.45) is 5.73 Å². The molecular weight excluding hydrogens is 228 g/mol. The number of aromatic nitrogens is 2. The lowest BCUT2D eigenvalue weighted by Crippen LogP contribution is -2.24. The Kier molecular flexibility index (Phi) is 7.88. The van der Waals surface area contributed by atoms with Gasteiger partial charge in [0.05, 0.1) is 0 Å². The van der Waals surface area contributed by atoms with Crippen LogP contribution in [-0.4, -0.2) is 29.0 Å². The van der Waals surface area contributed by atoms with E-state index in [1.54, 1.807) is 6.20 Å². The zero-order valence-electron chi connectivity index (χ0n) is 11.0. The summed E-state index contributed by atoms with van der Waals surface area (Å²) in [5.41, 5.74) is 5.40. The average molecular weight is 252 g/mol.